The first-order valence-electron chi connectivity index (χ1n) is 10.2. The number of H-pyrrole nitrogens is 1. The number of hydrogen-bond acceptors (Lipinski definition) is 5. The molecule has 0 atom stereocenters. The first kappa shape index (κ1) is 20.9. The molecule has 1 aromatic carbocycles. The number of urea groups is 1. The van der Waals surface area contributed by atoms with Crippen LogP contribution in [0.2, 0.25) is 0 Å². The Morgan fingerprint density at radius 3 is 2.71 bits per heavy atom. The fourth-order valence-electron chi connectivity index (χ4n) is 3.59. The molecule has 164 valence electrons. The van der Waals surface area contributed by atoms with Gasteiger partial charge >= 0.3 is 6.03 Å². The van der Waals surface area contributed by atoms with Gasteiger partial charge in [0, 0.05) is 56.2 Å². The van der Waals surface area contributed by atoms with Crippen LogP contribution in [0.15, 0.2) is 30.6 Å². The van der Waals surface area contributed by atoms with Gasteiger partial charge in [-0.15, -0.1) is 0 Å². The molecule has 5 rings (SSSR count). The van der Waals surface area contributed by atoms with E-state index in [1.165, 1.54) is 23.8 Å². The van der Waals surface area contributed by atoms with E-state index in [1.54, 1.807) is 16.9 Å². The number of benzene rings is 1. The number of fused-ring (bicyclic) bond motifs is 1. The molecule has 9 nitrogen and oxygen atoms in total. The lowest BCUT2D eigenvalue weighted by atomic mass is 10.1. The number of amides is 2. The van der Waals surface area contributed by atoms with Crippen LogP contribution in [-0.2, 0) is 24.8 Å². The average molecular weight is 427 g/mol. The molecular formula is C21H26FN7O2. The van der Waals surface area contributed by atoms with E-state index in [1.807, 2.05) is 19.3 Å². The first-order chi connectivity index (χ1) is 15.0. The van der Waals surface area contributed by atoms with Crippen LogP contribution in [0.4, 0.5) is 20.7 Å². The number of carbonyl (C=O) groups excluding carboxylic acids is 1. The summed E-state index contributed by atoms with van der Waals surface area (Å²) in [6, 6.07) is 4.45. The maximum atomic E-state index is 14.6. The van der Waals surface area contributed by atoms with Gasteiger partial charge in [-0.1, -0.05) is 6.07 Å². The minimum atomic E-state index is -0.477. The number of rotatable bonds is 3. The van der Waals surface area contributed by atoms with Gasteiger partial charge in [0.15, 0.2) is 5.82 Å². The molecule has 3 aromatic rings. The number of primary amides is 1. The lowest BCUT2D eigenvalue weighted by molar-refractivity contribution is 0.198. The number of aromatic amines is 1. The van der Waals surface area contributed by atoms with E-state index in [2.05, 4.69) is 20.6 Å². The summed E-state index contributed by atoms with van der Waals surface area (Å²) in [4.78, 5) is 12.9. The lowest BCUT2D eigenvalue weighted by Gasteiger charge is -2.25. The van der Waals surface area contributed by atoms with E-state index in [0.29, 0.717) is 31.0 Å². The average Bonchev–Trinajstić information content (AvgIpc) is 3.52. The minimum Gasteiger partial charge on any atom is -0.381 e. The molecule has 1 fully saturated rings. The summed E-state index contributed by atoms with van der Waals surface area (Å²) in [5, 5.41) is 14.3. The third kappa shape index (κ3) is 4.85. The molecule has 0 saturated carbocycles. The lowest BCUT2D eigenvalue weighted by Crippen LogP contribution is -2.39. The second-order valence-electron chi connectivity index (χ2n) is 7.58. The van der Waals surface area contributed by atoms with E-state index < -0.39 is 11.8 Å². The Bertz CT molecular complexity index is 1050. The fourth-order valence-corrected chi connectivity index (χ4v) is 3.59. The van der Waals surface area contributed by atoms with Crippen molar-refractivity contribution in [1.29, 1.82) is 0 Å². The van der Waals surface area contributed by atoms with E-state index in [0.717, 1.165) is 35.6 Å². The van der Waals surface area contributed by atoms with Crippen LogP contribution in [0.5, 0.6) is 0 Å². The molecule has 4 N–H and O–H groups in total. The number of anilines is 2. The van der Waals surface area contributed by atoms with Crippen molar-refractivity contribution >= 4 is 17.5 Å². The predicted octanol–water partition coefficient (Wildman–Crippen LogP) is 2.93. The molecule has 2 aliphatic heterocycles. The highest BCUT2D eigenvalue weighted by atomic mass is 19.1. The van der Waals surface area contributed by atoms with Crippen LogP contribution in [0, 0.1) is 5.82 Å². The molecule has 0 unspecified atom stereocenters. The van der Waals surface area contributed by atoms with E-state index in [4.69, 9.17) is 10.5 Å². The molecule has 4 heterocycles. The molecule has 0 bridgehead atoms. The Morgan fingerprint density at radius 2 is 2.10 bits per heavy atom. The molecular weight excluding hydrogens is 401 g/mol. The molecule has 2 aromatic heterocycles. The van der Waals surface area contributed by atoms with Crippen LogP contribution in [-0.4, -0.2) is 50.7 Å². The summed E-state index contributed by atoms with van der Waals surface area (Å²) in [7, 11) is 1.81. The first-order valence-corrected chi connectivity index (χ1v) is 10.2. The summed E-state index contributed by atoms with van der Waals surface area (Å²) >= 11 is 0. The summed E-state index contributed by atoms with van der Waals surface area (Å²) in [5.41, 5.74) is 9.00. The third-order valence-electron chi connectivity index (χ3n) is 5.33. The summed E-state index contributed by atoms with van der Waals surface area (Å²) in [6.07, 6.45) is 6.70. The van der Waals surface area contributed by atoms with Crippen molar-refractivity contribution in [2.24, 2.45) is 12.8 Å². The molecule has 0 aliphatic carbocycles. The summed E-state index contributed by atoms with van der Waals surface area (Å²) < 4.78 is 21.2. The van der Waals surface area contributed by atoms with Gasteiger partial charge in [0.25, 0.3) is 0 Å². The number of halogens is 1. The van der Waals surface area contributed by atoms with Crippen molar-refractivity contribution in [3.05, 3.63) is 47.7 Å². The highest BCUT2D eigenvalue weighted by molar-refractivity contribution is 5.73. The van der Waals surface area contributed by atoms with Crippen LogP contribution in [0.1, 0.15) is 24.1 Å². The minimum absolute atomic E-state index is 0.308. The van der Waals surface area contributed by atoms with Gasteiger partial charge in [-0.05, 0) is 30.5 Å². The molecule has 2 aliphatic rings. The highest BCUT2D eigenvalue weighted by Gasteiger charge is 2.24. The number of hydrogen-bond donors (Lipinski definition) is 3. The van der Waals surface area contributed by atoms with Crippen LogP contribution < -0.4 is 11.1 Å². The Morgan fingerprint density at radius 1 is 1.29 bits per heavy atom. The van der Waals surface area contributed by atoms with E-state index in [9.17, 15) is 9.18 Å². The molecule has 0 radical (unpaired) electrons. The van der Waals surface area contributed by atoms with E-state index in [-0.39, 0.29) is 0 Å². The number of carbonyl (C=O) groups is 1. The van der Waals surface area contributed by atoms with Gasteiger partial charge in [0.2, 0.25) is 0 Å². The number of aromatic nitrogens is 4. The Hall–Kier alpha value is -3.40. The van der Waals surface area contributed by atoms with Crippen molar-refractivity contribution in [2.75, 3.05) is 25.1 Å². The number of nitrogens with one attached hydrogen (secondary N) is 2. The number of nitrogens with zero attached hydrogens (tertiary/aromatic N) is 4. The normalized spacial score (nSPS) is 15.2. The van der Waals surface area contributed by atoms with Crippen LogP contribution >= 0.6 is 0 Å². The molecule has 0 spiro atoms. The highest BCUT2D eigenvalue weighted by Crippen LogP contribution is 2.29. The van der Waals surface area contributed by atoms with Gasteiger partial charge in [-0.3, -0.25) is 9.78 Å². The van der Waals surface area contributed by atoms with Gasteiger partial charge in [0.05, 0.1) is 18.4 Å². The Labute approximate surface area is 179 Å². The monoisotopic (exact) mass is 427 g/mol. The SMILES string of the molecule is C1CCOC1.Cn1cc(-c2ccc(Nc3n[nH]c4c3CN(C(N)=O)CC4)c(F)c2)cn1. The van der Waals surface area contributed by atoms with Gasteiger partial charge in [-0.25, -0.2) is 9.18 Å². The van der Waals surface area contributed by atoms with E-state index >= 15 is 0 Å². The number of nitrogens with two attached hydrogens (primary N) is 1. The van der Waals surface area contributed by atoms with Crippen LogP contribution in [0.25, 0.3) is 11.1 Å². The second kappa shape index (κ2) is 9.17. The maximum absolute atomic E-state index is 14.6. The Balaban J connectivity index is 0.000000407. The quantitative estimate of drug-likeness (QED) is 0.595. The zero-order valence-electron chi connectivity index (χ0n) is 17.4. The topological polar surface area (TPSA) is 114 Å². The number of aryl methyl sites for hydroxylation is 1. The zero-order valence-corrected chi connectivity index (χ0v) is 17.4. The summed E-state index contributed by atoms with van der Waals surface area (Å²) in [5.74, 6) is 0.102. The molecule has 10 heteroatoms. The van der Waals surface area contributed by atoms with Crippen molar-refractivity contribution in [1.82, 2.24) is 24.9 Å². The molecule has 2 amide bonds. The van der Waals surface area contributed by atoms with Crippen molar-refractivity contribution in [2.45, 2.75) is 25.8 Å². The van der Waals surface area contributed by atoms with Crippen molar-refractivity contribution < 1.29 is 13.9 Å². The van der Waals surface area contributed by atoms with Gasteiger partial charge in [-0.2, -0.15) is 10.2 Å². The summed E-state index contributed by atoms with van der Waals surface area (Å²) in [6.45, 7) is 2.89. The largest absolute Gasteiger partial charge is 0.381 e. The molecule has 1 saturated heterocycles. The van der Waals surface area contributed by atoms with Crippen molar-refractivity contribution in [3.8, 4) is 11.1 Å². The molecule has 31 heavy (non-hydrogen) atoms. The van der Waals surface area contributed by atoms with Crippen molar-refractivity contribution in [3.63, 3.8) is 0 Å². The second-order valence-corrected chi connectivity index (χ2v) is 7.58. The van der Waals surface area contributed by atoms with Gasteiger partial charge < -0.3 is 20.7 Å². The smallest absolute Gasteiger partial charge is 0.315 e. The predicted molar refractivity (Wildman–Crippen MR) is 114 cm³/mol. The fraction of sp³-hybridized carbons (Fsp3) is 0.381. The zero-order chi connectivity index (χ0) is 21.8. The standard InChI is InChI=1S/C17H18FN7O.C4H8O/c1-24-8-11(7-20-24)10-2-3-15(13(18)6-10)21-16-12-9-25(17(19)26)5-4-14(12)22-23-16;1-2-4-5-3-1/h2-3,6-8H,4-5,9H2,1H3,(H2,19,26)(H2,21,22,23);1-4H2. The third-order valence-corrected chi connectivity index (χ3v) is 5.33. The Kier molecular flexibility index (Phi) is 6.17. The number of ether oxygens (including phenoxy) is 1. The van der Waals surface area contributed by atoms with Crippen LogP contribution in [0.3, 0.4) is 0 Å². The maximum Gasteiger partial charge on any atom is 0.315 e. The van der Waals surface area contributed by atoms with Gasteiger partial charge in [0.1, 0.15) is 5.82 Å².